The maximum absolute atomic E-state index is 13.4. The Bertz CT molecular complexity index is 1440. The highest BCUT2D eigenvalue weighted by molar-refractivity contribution is 7.92. The second-order valence-electron chi connectivity index (χ2n) is 8.23. The van der Waals surface area contributed by atoms with Crippen LogP contribution in [0, 0.1) is 17.0 Å². The van der Waals surface area contributed by atoms with Gasteiger partial charge in [0, 0.05) is 29.7 Å². The average molecular weight is 558 g/mol. The Balaban J connectivity index is 1.84. The van der Waals surface area contributed by atoms with Gasteiger partial charge in [-0.1, -0.05) is 41.9 Å². The summed E-state index contributed by atoms with van der Waals surface area (Å²) in [6.07, 6.45) is 1.26. The number of nitro benzene ring substituents is 1. The third kappa shape index (κ3) is 6.67. The lowest BCUT2D eigenvalue weighted by Gasteiger charge is -2.24. The lowest BCUT2D eigenvalue weighted by Crippen LogP contribution is -2.39. The van der Waals surface area contributed by atoms with E-state index >= 15 is 0 Å². The summed E-state index contributed by atoms with van der Waals surface area (Å²) >= 11 is 6.23. The van der Waals surface area contributed by atoms with Crippen molar-refractivity contribution in [1.29, 1.82) is 0 Å². The Morgan fingerprint density at radius 3 is 2.37 bits per heavy atom. The van der Waals surface area contributed by atoms with Crippen LogP contribution in [0.25, 0.3) is 0 Å². The lowest BCUT2D eigenvalue weighted by molar-refractivity contribution is -0.384. The van der Waals surface area contributed by atoms with Gasteiger partial charge in [-0.3, -0.25) is 19.2 Å². The quantitative estimate of drug-likeness (QED) is 0.206. The van der Waals surface area contributed by atoms with E-state index in [1.165, 1.54) is 30.5 Å². The van der Waals surface area contributed by atoms with Crippen LogP contribution in [-0.4, -0.2) is 45.1 Å². The molecule has 0 saturated carbocycles. The Morgan fingerprint density at radius 1 is 1.08 bits per heavy atom. The van der Waals surface area contributed by atoms with Crippen molar-refractivity contribution in [3.05, 3.63) is 93.0 Å². The highest BCUT2D eigenvalue weighted by atomic mass is 35.5. The first-order chi connectivity index (χ1) is 18.1. The van der Waals surface area contributed by atoms with Crippen molar-refractivity contribution in [2.75, 3.05) is 28.8 Å². The van der Waals surface area contributed by atoms with Gasteiger partial charge < -0.3 is 4.90 Å². The van der Waals surface area contributed by atoms with Crippen molar-refractivity contribution >= 4 is 50.8 Å². The predicted molar refractivity (Wildman–Crippen MR) is 150 cm³/mol. The van der Waals surface area contributed by atoms with Crippen LogP contribution in [0.4, 0.5) is 17.1 Å². The van der Waals surface area contributed by atoms with Gasteiger partial charge in [0.2, 0.25) is 0 Å². The first-order valence-electron chi connectivity index (χ1n) is 11.8. The van der Waals surface area contributed by atoms with Crippen LogP contribution in [0.1, 0.15) is 25.0 Å². The summed E-state index contributed by atoms with van der Waals surface area (Å²) in [6.45, 7) is 6.23. The summed E-state index contributed by atoms with van der Waals surface area (Å²) in [5, 5.41) is 15.8. The fraction of sp³-hybridized carbons (Fsp3) is 0.231. The summed E-state index contributed by atoms with van der Waals surface area (Å²) in [6, 6.07) is 17.1. The van der Waals surface area contributed by atoms with Gasteiger partial charge >= 0.3 is 0 Å². The number of amides is 1. The first-order valence-corrected chi connectivity index (χ1v) is 13.6. The van der Waals surface area contributed by atoms with Crippen molar-refractivity contribution < 1.29 is 18.1 Å². The van der Waals surface area contributed by atoms with Crippen LogP contribution in [0.15, 0.2) is 76.7 Å². The smallest absolute Gasteiger partial charge is 0.293 e. The van der Waals surface area contributed by atoms with E-state index in [2.05, 4.69) is 10.5 Å². The van der Waals surface area contributed by atoms with Crippen LogP contribution < -0.4 is 14.6 Å². The molecule has 0 heterocycles. The molecule has 3 aromatic rings. The van der Waals surface area contributed by atoms with Crippen LogP contribution in [0.2, 0.25) is 5.02 Å². The minimum absolute atomic E-state index is 0.00796. The normalized spacial score (nSPS) is 11.4. The van der Waals surface area contributed by atoms with Gasteiger partial charge in [0.15, 0.2) is 0 Å². The van der Waals surface area contributed by atoms with Gasteiger partial charge in [0.25, 0.3) is 21.6 Å². The van der Waals surface area contributed by atoms with E-state index in [0.717, 1.165) is 9.87 Å². The van der Waals surface area contributed by atoms with Gasteiger partial charge in [-0.2, -0.15) is 5.10 Å². The van der Waals surface area contributed by atoms with Crippen molar-refractivity contribution in [1.82, 2.24) is 5.43 Å². The number of halogens is 1. The second-order valence-corrected chi connectivity index (χ2v) is 10.5. The molecule has 0 fully saturated rings. The fourth-order valence-electron chi connectivity index (χ4n) is 3.71. The van der Waals surface area contributed by atoms with E-state index in [0.29, 0.717) is 29.4 Å². The van der Waals surface area contributed by atoms with Crippen molar-refractivity contribution in [2.45, 2.75) is 25.7 Å². The van der Waals surface area contributed by atoms with Gasteiger partial charge in [-0.05, 0) is 56.7 Å². The Hall–Kier alpha value is -3.96. The number of rotatable bonds is 11. The topological polar surface area (TPSA) is 125 Å². The Kier molecular flexibility index (Phi) is 9.43. The number of carbonyl (C=O) groups excluding carboxylic acids is 1. The molecule has 0 unspecified atom stereocenters. The van der Waals surface area contributed by atoms with Gasteiger partial charge in [-0.25, -0.2) is 13.8 Å². The number of carbonyl (C=O) groups is 1. The molecule has 0 aliphatic rings. The van der Waals surface area contributed by atoms with E-state index < -0.39 is 27.4 Å². The summed E-state index contributed by atoms with van der Waals surface area (Å²) in [4.78, 5) is 25.8. The fourth-order valence-corrected chi connectivity index (χ4v) is 5.32. The zero-order chi connectivity index (χ0) is 27.9. The molecule has 0 saturated heterocycles. The van der Waals surface area contributed by atoms with Crippen LogP contribution in [-0.2, 0) is 14.8 Å². The average Bonchev–Trinajstić information content (AvgIpc) is 2.90. The number of nitrogens with zero attached hydrogens (tertiary/aromatic N) is 4. The van der Waals surface area contributed by atoms with Crippen molar-refractivity contribution in [2.24, 2.45) is 5.10 Å². The van der Waals surface area contributed by atoms with Crippen molar-refractivity contribution in [3.8, 4) is 0 Å². The third-order valence-corrected chi connectivity index (χ3v) is 7.96. The Morgan fingerprint density at radius 2 is 1.76 bits per heavy atom. The molecule has 3 rings (SSSR count). The summed E-state index contributed by atoms with van der Waals surface area (Å²) in [5.74, 6) is -0.716. The van der Waals surface area contributed by atoms with Crippen LogP contribution in [0.5, 0.6) is 0 Å². The molecule has 0 atom stereocenters. The zero-order valence-electron chi connectivity index (χ0n) is 21.2. The van der Waals surface area contributed by atoms with Gasteiger partial charge in [-0.15, -0.1) is 0 Å². The molecule has 1 amide bonds. The lowest BCUT2D eigenvalue weighted by atomic mass is 10.1. The molecule has 200 valence electrons. The molecular formula is C26H28ClN5O5S. The van der Waals surface area contributed by atoms with Gasteiger partial charge in [0.05, 0.1) is 21.7 Å². The number of hydrazone groups is 1. The largest absolute Gasteiger partial charge is 0.367 e. The number of aryl methyl sites for hydroxylation is 1. The molecule has 0 aliphatic carbocycles. The minimum atomic E-state index is -4.11. The molecule has 1 N–H and O–H groups in total. The third-order valence-electron chi connectivity index (χ3n) is 5.76. The van der Waals surface area contributed by atoms with Crippen LogP contribution >= 0.6 is 11.6 Å². The van der Waals surface area contributed by atoms with E-state index in [-0.39, 0.29) is 16.3 Å². The monoisotopic (exact) mass is 557 g/mol. The molecule has 0 bridgehead atoms. The van der Waals surface area contributed by atoms with E-state index in [4.69, 9.17) is 11.6 Å². The SMILES string of the molecule is CCN(CC)c1ccc(C=NNC(=O)CN(c2ccc(C)c(Cl)c2)S(=O)(=O)c2ccccc2)cc1[N+](=O)[O-]. The Labute approximate surface area is 226 Å². The summed E-state index contributed by atoms with van der Waals surface area (Å²) in [7, 11) is -4.11. The molecule has 10 nitrogen and oxygen atoms in total. The number of hydrogen-bond donors (Lipinski definition) is 1. The molecule has 12 heteroatoms. The molecular weight excluding hydrogens is 530 g/mol. The van der Waals surface area contributed by atoms with E-state index in [9.17, 15) is 23.3 Å². The maximum Gasteiger partial charge on any atom is 0.293 e. The standard InChI is InChI=1S/C26H28ClN5O5S/c1-4-30(5-2)24-14-12-20(15-25(24)32(34)35)17-28-29-26(33)18-31(21-13-11-19(3)23(27)16-21)38(36,37)22-9-7-6-8-10-22/h6-17H,4-5,18H2,1-3H3,(H,29,33). The summed E-state index contributed by atoms with van der Waals surface area (Å²) < 4.78 is 27.7. The number of nitrogens with one attached hydrogen (secondary N) is 1. The minimum Gasteiger partial charge on any atom is -0.367 e. The molecule has 0 aromatic heterocycles. The number of anilines is 2. The highest BCUT2D eigenvalue weighted by Crippen LogP contribution is 2.29. The maximum atomic E-state index is 13.4. The first kappa shape index (κ1) is 28.6. The molecule has 0 radical (unpaired) electrons. The molecule has 3 aromatic carbocycles. The predicted octanol–water partition coefficient (Wildman–Crippen LogP) is 4.75. The van der Waals surface area contributed by atoms with Crippen LogP contribution in [0.3, 0.4) is 0 Å². The number of sulfonamides is 1. The number of benzene rings is 3. The highest BCUT2D eigenvalue weighted by Gasteiger charge is 2.27. The summed E-state index contributed by atoms with van der Waals surface area (Å²) in [5.41, 5.74) is 4.07. The van der Waals surface area contributed by atoms with E-state index in [1.54, 1.807) is 49.4 Å². The molecule has 0 aliphatic heterocycles. The van der Waals surface area contributed by atoms with E-state index in [1.807, 2.05) is 18.7 Å². The molecule has 0 spiro atoms. The van der Waals surface area contributed by atoms with Gasteiger partial charge in [0.1, 0.15) is 12.2 Å². The number of hydrogen-bond acceptors (Lipinski definition) is 7. The molecule has 38 heavy (non-hydrogen) atoms. The zero-order valence-corrected chi connectivity index (χ0v) is 22.7. The second kappa shape index (κ2) is 12.5. The number of nitro groups is 1. The van der Waals surface area contributed by atoms with Crippen molar-refractivity contribution in [3.63, 3.8) is 0 Å².